The van der Waals surface area contributed by atoms with Gasteiger partial charge in [0, 0.05) is 30.3 Å². The molecule has 0 spiro atoms. The zero-order chi connectivity index (χ0) is 19.5. The normalized spacial score (nSPS) is 39.6. The number of nitrogens with zero attached hydrogens (tertiary/aromatic N) is 2. The average Bonchev–Trinajstić information content (AvgIpc) is 3.06. The molecule has 5 atom stereocenters. The minimum absolute atomic E-state index is 0.169. The Morgan fingerprint density at radius 3 is 2.71 bits per heavy atom. The topological polar surface area (TPSA) is 33.2 Å². The Hall–Kier alpha value is -1.90. The molecule has 1 amide bonds. The molecule has 0 radical (unpaired) electrons. The molecule has 28 heavy (non-hydrogen) atoms. The molecule has 1 saturated carbocycles. The third kappa shape index (κ3) is 2.34. The molecule has 4 aliphatic rings. The molecule has 5 rings (SSSR count). The highest BCUT2D eigenvalue weighted by atomic mass is 16.2. The summed E-state index contributed by atoms with van der Waals surface area (Å²) in [5.74, 6) is 2.44. The summed E-state index contributed by atoms with van der Waals surface area (Å²) in [5.41, 5.74) is 4.40. The van der Waals surface area contributed by atoms with Gasteiger partial charge in [0.15, 0.2) is 0 Å². The molecule has 148 valence electrons. The standard InChI is InChI=1S/C25H32N2O/c1-4-27-22-11-8-17-18-9-10-20(21-7-5-6-16-26-21)24(18,2)14-12-19(17)25(22,3)15-13-23(27)28/h5-7,10-11,16-19H,4,8-9,12-15H2,1-3H3/t17-,18-,19-,24-,25+/m0/s1. The van der Waals surface area contributed by atoms with E-state index >= 15 is 0 Å². The highest BCUT2D eigenvalue weighted by Gasteiger charge is 2.58. The highest BCUT2D eigenvalue weighted by molar-refractivity contribution is 5.80. The van der Waals surface area contributed by atoms with E-state index in [4.69, 9.17) is 0 Å². The first kappa shape index (κ1) is 18.1. The van der Waals surface area contributed by atoms with E-state index < -0.39 is 0 Å². The Kier molecular flexibility index (Phi) is 4.08. The van der Waals surface area contributed by atoms with Crippen LogP contribution in [0.3, 0.4) is 0 Å². The Balaban J connectivity index is 1.49. The number of carbonyl (C=O) groups excluding carboxylic acids is 1. The zero-order valence-corrected chi connectivity index (χ0v) is 17.4. The van der Waals surface area contributed by atoms with Crippen molar-refractivity contribution in [3.05, 3.63) is 47.9 Å². The van der Waals surface area contributed by atoms with Gasteiger partial charge in [-0.15, -0.1) is 0 Å². The van der Waals surface area contributed by atoms with Gasteiger partial charge in [-0.3, -0.25) is 9.78 Å². The highest BCUT2D eigenvalue weighted by Crippen LogP contribution is 2.65. The molecule has 3 nitrogen and oxygen atoms in total. The lowest BCUT2D eigenvalue weighted by atomic mass is 9.49. The average molecular weight is 377 g/mol. The summed E-state index contributed by atoms with van der Waals surface area (Å²) in [7, 11) is 0. The fraction of sp³-hybridized carbons (Fsp3) is 0.600. The van der Waals surface area contributed by atoms with E-state index in [1.807, 2.05) is 12.3 Å². The lowest BCUT2D eigenvalue weighted by Crippen LogP contribution is -2.54. The monoisotopic (exact) mass is 376 g/mol. The van der Waals surface area contributed by atoms with Crippen LogP contribution in [-0.2, 0) is 4.79 Å². The second-order valence-electron chi connectivity index (χ2n) is 9.78. The van der Waals surface area contributed by atoms with Crippen molar-refractivity contribution in [3.63, 3.8) is 0 Å². The molecule has 2 fully saturated rings. The van der Waals surface area contributed by atoms with Crippen LogP contribution in [0, 0.1) is 28.6 Å². The number of hydrogen-bond donors (Lipinski definition) is 0. The maximum atomic E-state index is 12.5. The summed E-state index contributed by atoms with van der Waals surface area (Å²) in [6.45, 7) is 7.87. The van der Waals surface area contributed by atoms with Crippen LogP contribution in [0.25, 0.3) is 5.57 Å². The summed E-state index contributed by atoms with van der Waals surface area (Å²) in [6.07, 6.45) is 13.4. The van der Waals surface area contributed by atoms with E-state index in [-0.39, 0.29) is 10.8 Å². The number of aromatic nitrogens is 1. The van der Waals surface area contributed by atoms with Crippen LogP contribution in [0.4, 0.5) is 0 Å². The minimum atomic E-state index is 0.169. The van der Waals surface area contributed by atoms with Gasteiger partial charge in [-0.1, -0.05) is 32.1 Å². The molecule has 1 aromatic heterocycles. The summed E-state index contributed by atoms with van der Waals surface area (Å²) in [4.78, 5) is 19.3. The van der Waals surface area contributed by atoms with Gasteiger partial charge in [0.25, 0.3) is 0 Å². The number of rotatable bonds is 2. The van der Waals surface area contributed by atoms with Crippen LogP contribution in [0.1, 0.15) is 65.0 Å². The van der Waals surface area contributed by atoms with Crippen molar-refractivity contribution in [3.8, 4) is 0 Å². The Bertz CT molecular complexity index is 857. The second-order valence-corrected chi connectivity index (χ2v) is 9.78. The largest absolute Gasteiger partial charge is 0.316 e. The van der Waals surface area contributed by atoms with Crippen LogP contribution < -0.4 is 0 Å². The number of fused-ring (bicyclic) bond motifs is 5. The van der Waals surface area contributed by atoms with Crippen molar-refractivity contribution in [1.82, 2.24) is 9.88 Å². The van der Waals surface area contributed by atoms with Gasteiger partial charge in [0.2, 0.25) is 5.91 Å². The van der Waals surface area contributed by atoms with Crippen molar-refractivity contribution in [2.45, 2.75) is 59.3 Å². The number of allylic oxidation sites excluding steroid dienone is 4. The van der Waals surface area contributed by atoms with Crippen molar-refractivity contribution < 1.29 is 4.79 Å². The second kappa shape index (κ2) is 6.30. The van der Waals surface area contributed by atoms with E-state index in [2.05, 4.69) is 54.9 Å². The summed E-state index contributed by atoms with van der Waals surface area (Å²) in [5, 5.41) is 0. The molecular formula is C25H32N2O. The molecule has 3 heteroatoms. The first-order valence-electron chi connectivity index (χ1n) is 11.1. The van der Waals surface area contributed by atoms with E-state index in [0.717, 1.165) is 25.3 Å². The molecule has 0 bridgehead atoms. The van der Waals surface area contributed by atoms with Crippen molar-refractivity contribution in [1.29, 1.82) is 0 Å². The molecule has 2 heterocycles. The Labute approximate surface area is 168 Å². The van der Waals surface area contributed by atoms with Gasteiger partial charge in [-0.25, -0.2) is 0 Å². The quantitative estimate of drug-likeness (QED) is 0.687. The number of amides is 1. The van der Waals surface area contributed by atoms with Crippen LogP contribution in [0.5, 0.6) is 0 Å². The number of carbonyl (C=O) groups is 1. The summed E-state index contributed by atoms with van der Waals surface area (Å²) < 4.78 is 0. The van der Waals surface area contributed by atoms with Gasteiger partial charge < -0.3 is 4.90 Å². The van der Waals surface area contributed by atoms with Crippen LogP contribution in [0.2, 0.25) is 0 Å². The fourth-order valence-corrected chi connectivity index (χ4v) is 7.28. The van der Waals surface area contributed by atoms with Crippen molar-refractivity contribution in [2.75, 3.05) is 6.54 Å². The third-order valence-corrected chi connectivity index (χ3v) is 8.71. The molecule has 1 aromatic rings. The predicted molar refractivity (Wildman–Crippen MR) is 112 cm³/mol. The lowest BCUT2D eigenvalue weighted by Gasteiger charge is -2.58. The van der Waals surface area contributed by atoms with Gasteiger partial charge in [-0.05, 0) is 79.9 Å². The first-order valence-corrected chi connectivity index (χ1v) is 11.1. The Morgan fingerprint density at radius 2 is 1.96 bits per heavy atom. The molecule has 1 aliphatic heterocycles. The molecule has 0 unspecified atom stereocenters. The molecule has 0 aromatic carbocycles. The van der Waals surface area contributed by atoms with Crippen LogP contribution in [-0.4, -0.2) is 22.3 Å². The SMILES string of the molecule is CCN1C(=O)CC[C@@]2(C)C1=CC[C@@H]1[C@@H]2CC[C@]2(C)C(c3ccccn3)=CC[C@@H]12. The van der Waals surface area contributed by atoms with Crippen LogP contribution >= 0.6 is 0 Å². The minimum Gasteiger partial charge on any atom is -0.316 e. The van der Waals surface area contributed by atoms with Crippen molar-refractivity contribution in [2.24, 2.45) is 28.6 Å². The first-order chi connectivity index (χ1) is 13.5. The molecule has 3 aliphatic carbocycles. The van der Waals surface area contributed by atoms with E-state index in [0.29, 0.717) is 24.2 Å². The summed E-state index contributed by atoms with van der Waals surface area (Å²) in [6, 6.07) is 6.30. The van der Waals surface area contributed by atoms with Crippen molar-refractivity contribution >= 4 is 11.5 Å². The number of likely N-dealkylation sites (tertiary alicyclic amines) is 1. The van der Waals surface area contributed by atoms with E-state index in [1.54, 1.807) is 0 Å². The third-order valence-electron chi connectivity index (χ3n) is 8.71. The molecular weight excluding hydrogens is 344 g/mol. The van der Waals surface area contributed by atoms with Gasteiger partial charge >= 0.3 is 0 Å². The predicted octanol–water partition coefficient (Wildman–Crippen LogP) is 5.45. The van der Waals surface area contributed by atoms with Crippen LogP contribution in [0.15, 0.2) is 42.2 Å². The van der Waals surface area contributed by atoms with Gasteiger partial charge in [-0.2, -0.15) is 0 Å². The van der Waals surface area contributed by atoms with E-state index in [9.17, 15) is 4.79 Å². The van der Waals surface area contributed by atoms with Gasteiger partial charge in [0.1, 0.15) is 0 Å². The van der Waals surface area contributed by atoms with E-state index in [1.165, 1.54) is 36.2 Å². The number of hydrogen-bond acceptors (Lipinski definition) is 2. The number of pyridine rings is 1. The Morgan fingerprint density at radius 1 is 1.11 bits per heavy atom. The number of piperidine rings is 1. The summed E-state index contributed by atoms with van der Waals surface area (Å²) >= 11 is 0. The molecule has 0 N–H and O–H groups in total. The zero-order valence-electron chi connectivity index (χ0n) is 17.4. The fourth-order valence-electron chi connectivity index (χ4n) is 7.28. The maximum absolute atomic E-state index is 12.5. The smallest absolute Gasteiger partial charge is 0.226 e. The lowest BCUT2D eigenvalue weighted by molar-refractivity contribution is -0.136. The maximum Gasteiger partial charge on any atom is 0.226 e. The molecule has 1 saturated heterocycles. The van der Waals surface area contributed by atoms with Gasteiger partial charge in [0.05, 0.1) is 5.69 Å².